The van der Waals surface area contributed by atoms with Gasteiger partial charge in [-0.1, -0.05) is 6.42 Å². The number of rotatable bonds is 1. The Kier molecular flexibility index (Phi) is 2.29. The highest BCUT2D eigenvalue weighted by molar-refractivity contribution is 5.84. The molecule has 1 heterocycles. The minimum atomic E-state index is -0.259. The third-order valence-corrected chi connectivity index (χ3v) is 5.19. The predicted octanol–water partition coefficient (Wildman–Crippen LogP) is 1.51. The third-order valence-electron chi connectivity index (χ3n) is 5.19. The standard InChI is InChI=1S/C13H22N2O/c1-13(6-2-3-11(13)14)12(16)15-8-9-4-5-10(15)7-9/h9-11H,2-8,14H2,1H3. The molecule has 3 rings (SSSR count). The van der Waals surface area contributed by atoms with Crippen molar-refractivity contribution >= 4 is 5.91 Å². The highest BCUT2D eigenvalue weighted by Gasteiger charge is 2.49. The maximum absolute atomic E-state index is 12.6. The molecule has 0 aromatic heterocycles. The first kappa shape index (κ1) is 10.6. The first-order valence-corrected chi connectivity index (χ1v) is 6.68. The van der Waals surface area contributed by atoms with Crippen LogP contribution in [-0.2, 0) is 4.79 Å². The lowest BCUT2D eigenvalue weighted by Crippen LogP contribution is -2.51. The lowest BCUT2D eigenvalue weighted by molar-refractivity contribution is -0.143. The number of carbonyl (C=O) groups is 1. The molecule has 3 heteroatoms. The van der Waals surface area contributed by atoms with Crippen LogP contribution in [0.3, 0.4) is 0 Å². The summed E-state index contributed by atoms with van der Waals surface area (Å²) in [5.41, 5.74) is 5.87. The lowest BCUT2D eigenvalue weighted by atomic mass is 9.83. The molecule has 4 atom stereocenters. The lowest BCUT2D eigenvalue weighted by Gasteiger charge is -2.36. The van der Waals surface area contributed by atoms with Crippen molar-refractivity contribution in [1.82, 2.24) is 4.90 Å². The Morgan fingerprint density at radius 1 is 1.38 bits per heavy atom. The van der Waals surface area contributed by atoms with Gasteiger partial charge in [0, 0.05) is 18.6 Å². The van der Waals surface area contributed by atoms with Crippen LogP contribution < -0.4 is 5.73 Å². The zero-order valence-corrected chi connectivity index (χ0v) is 10.1. The maximum atomic E-state index is 12.6. The molecule has 0 radical (unpaired) electrons. The average molecular weight is 222 g/mol. The van der Waals surface area contributed by atoms with E-state index in [0.717, 1.165) is 31.7 Å². The molecular formula is C13H22N2O. The predicted molar refractivity (Wildman–Crippen MR) is 62.8 cm³/mol. The van der Waals surface area contributed by atoms with E-state index in [4.69, 9.17) is 5.73 Å². The monoisotopic (exact) mass is 222 g/mol. The van der Waals surface area contributed by atoms with Crippen molar-refractivity contribution in [3.05, 3.63) is 0 Å². The van der Waals surface area contributed by atoms with E-state index < -0.39 is 0 Å². The van der Waals surface area contributed by atoms with E-state index in [1.807, 2.05) is 0 Å². The van der Waals surface area contributed by atoms with Gasteiger partial charge in [0.2, 0.25) is 5.91 Å². The molecule has 90 valence electrons. The molecular weight excluding hydrogens is 200 g/mol. The molecule has 0 aromatic carbocycles. The topological polar surface area (TPSA) is 46.3 Å². The van der Waals surface area contributed by atoms with Crippen molar-refractivity contribution in [2.24, 2.45) is 17.1 Å². The summed E-state index contributed by atoms with van der Waals surface area (Å²) >= 11 is 0. The van der Waals surface area contributed by atoms with Gasteiger partial charge in [-0.2, -0.15) is 0 Å². The smallest absolute Gasteiger partial charge is 0.230 e. The third kappa shape index (κ3) is 1.33. The fourth-order valence-corrected chi connectivity index (χ4v) is 3.96. The molecule has 2 bridgehead atoms. The molecule has 2 saturated carbocycles. The van der Waals surface area contributed by atoms with Crippen molar-refractivity contribution in [2.45, 2.75) is 57.5 Å². The van der Waals surface area contributed by atoms with E-state index in [9.17, 15) is 4.79 Å². The Balaban J connectivity index is 1.78. The Hall–Kier alpha value is -0.570. The summed E-state index contributed by atoms with van der Waals surface area (Å²) in [6, 6.07) is 0.626. The van der Waals surface area contributed by atoms with Crippen LogP contribution in [0, 0.1) is 11.3 Å². The summed E-state index contributed by atoms with van der Waals surface area (Å²) in [7, 11) is 0. The molecule has 1 amide bonds. The van der Waals surface area contributed by atoms with Crippen LogP contribution in [0.15, 0.2) is 0 Å². The number of hydrogen-bond donors (Lipinski definition) is 1. The molecule has 1 aliphatic heterocycles. The van der Waals surface area contributed by atoms with Crippen LogP contribution in [0.5, 0.6) is 0 Å². The molecule has 0 spiro atoms. The van der Waals surface area contributed by atoms with Gasteiger partial charge in [-0.15, -0.1) is 0 Å². The highest BCUT2D eigenvalue weighted by Crippen LogP contribution is 2.44. The largest absolute Gasteiger partial charge is 0.339 e. The summed E-state index contributed by atoms with van der Waals surface area (Å²) in [4.78, 5) is 14.8. The van der Waals surface area contributed by atoms with Crippen LogP contribution in [-0.4, -0.2) is 29.4 Å². The second-order valence-electron chi connectivity index (χ2n) is 6.21. The van der Waals surface area contributed by atoms with Gasteiger partial charge >= 0.3 is 0 Å². The van der Waals surface area contributed by atoms with Crippen molar-refractivity contribution < 1.29 is 4.79 Å². The summed E-state index contributed by atoms with van der Waals surface area (Å²) < 4.78 is 0. The van der Waals surface area contributed by atoms with Crippen molar-refractivity contribution in [2.75, 3.05) is 6.54 Å². The SMILES string of the molecule is CC1(C(=O)N2CC3CCC2C3)CCCC1N. The van der Waals surface area contributed by atoms with E-state index in [0.29, 0.717) is 11.9 Å². The van der Waals surface area contributed by atoms with Crippen LogP contribution in [0.25, 0.3) is 0 Å². The molecule has 2 aliphatic carbocycles. The Labute approximate surface area is 97.4 Å². The number of carbonyl (C=O) groups excluding carboxylic acids is 1. The maximum Gasteiger partial charge on any atom is 0.230 e. The minimum absolute atomic E-state index is 0.0825. The second-order valence-corrected chi connectivity index (χ2v) is 6.21. The van der Waals surface area contributed by atoms with E-state index in [2.05, 4.69) is 11.8 Å². The first-order valence-electron chi connectivity index (χ1n) is 6.68. The van der Waals surface area contributed by atoms with E-state index in [1.54, 1.807) is 0 Å². The molecule has 3 aliphatic rings. The molecule has 1 saturated heterocycles. The number of amides is 1. The van der Waals surface area contributed by atoms with E-state index in [1.165, 1.54) is 19.3 Å². The zero-order chi connectivity index (χ0) is 11.3. The Morgan fingerprint density at radius 3 is 2.69 bits per heavy atom. The van der Waals surface area contributed by atoms with Crippen LogP contribution in [0.4, 0.5) is 0 Å². The average Bonchev–Trinajstić information content (AvgIpc) is 2.95. The van der Waals surface area contributed by atoms with Crippen LogP contribution >= 0.6 is 0 Å². The molecule has 2 N–H and O–H groups in total. The second kappa shape index (κ2) is 3.46. The number of piperidine rings is 1. The van der Waals surface area contributed by atoms with Gasteiger partial charge < -0.3 is 10.6 Å². The van der Waals surface area contributed by atoms with Gasteiger partial charge in [0.25, 0.3) is 0 Å². The van der Waals surface area contributed by atoms with Crippen LogP contribution in [0.1, 0.15) is 45.4 Å². The van der Waals surface area contributed by atoms with Crippen LogP contribution in [0.2, 0.25) is 0 Å². The van der Waals surface area contributed by atoms with Gasteiger partial charge in [-0.05, 0) is 44.9 Å². The summed E-state index contributed by atoms with van der Waals surface area (Å²) in [5.74, 6) is 1.14. The number of hydrogen-bond acceptors (Lipinski definition) is 2. The van der Waals surface area contributed by atoms with Gasteiger partial charge in [0.05, 0.1) is 5.41 Å². The van der Waals surface area contributed by atoms with Gasteiger partial charge in [0.1, 0.15) is 0 Å². The fourth-order valence-electron chi connectivity index (χ4n) is 3.96. The molecule has 0 aromatic rings. The number of likely N-dealkylation sites (tertiary alicyclic amines) is 1. The summed E-state index contributed by atoms with van der Waals surface area (Å²) in [6.07, 6.45) is 6.92. The summed E-state index contributed by atoms with van der Waals surface area (Å²) in [6.45, 7) is 3.09. The van der Waals surface area contributed by atoms with Crippen molar-refractivity contribution in [3.63, 3.8) is 0 Å². The quantitative estimate of drug-likeness (QED) is 0.731. The molecule has 4 unspecified atom stereocenters. The van der Waals surface area contributed by atoms with Crippen molar-refractivity contribution in [1.29, 1.82) is 0 Å². The first-order chi connectivity index (χ1) is 7.61. The highest BCUT2D eigenvalue weighted by atomic mass is 16.2. The number of fused-ring (bicyclic) bond motifs is 2. The fraction of sp³-hybridized carbons (Fsp3) is 0.923. The van der Waals surface area contributed by atoms with Crippen molar-refractivity contribution in [3.8, 4) is 0 Å². The Bertz CT molecular complexity index is 317. The van der Waals surface area contributed by atoms with Gasteiger partial charge in [-0.3, -0.25) is 4.79 Å². The minimum Gasteiger partial charge on any atom is -0.339 e. The van der Waals surface area contributed by atoms with E-state index in [-0.39, 0.29) is 11.5 Å². The normalized spacial score (nSPS) is 46.6. The van der Waals surface area contributed by atoms with Gasteiger partial charge in [-0.25, -0.2) is 0 Å². The van der Waals surface area contributed by atoms with Gasteiger partial charge in [0.15, 0.2) is 0 Å². The molecule has 3 fully saturated rings. The molecule has 16 heavy (non-hydrogen) atoms. The molecule has 3 nitrogen and oxygen atoms in total. The number of nitrogens with two attached hydrogens (primary N) is 1. The summed E-state index contributed by atoms with van der Waals surface area (Å²) in [5, 5.41) is 0. The zero-order valence-electron chi connectivity index (χ0n) is 10.1. The van der Waals surface area contributed by atoms with E-state index >= 15 is 0 Å². The Morgan fingerprint density at radius 2 is 2.19 bits per heavy atom. The number of nitrogens with zero attached hydrogens (tertiary/aromatic N) is 1.